The molecule has 1 aromatic rings. The first-order valence-electron chi connectivity index (χ1n) is 7.73. The van der Waals surface area contributed by atoms with Crippen LogP contribution in [0.2, 0.25) is 10.0 Å². The normalized spacial score (nSPS) is 13.2. The molecule has 2 N–H and O–H groups in total. The van der Waals surface area contributed by atoms with Crippen molar-refractivity contribution in [1.29, 1.82) is 5.26 Å². The van der Waals surface area contributed by atoms with Crippen LogP contribution in [0.25, 0.3) is 0 Å². The molecule has 8 heteroatoms. The van der Waals surface area contributed by atoms with Gasteiger partial charge in [-0.05, 0) is 32.0 Å². The van der Waals surface area contributed by atoms with Gasteiger partial charge >= 0.3 is 0 Å². The van der Waals surface area contributed by atoms with Gasteiger partial charge in [-0.3, -0.25) is 14.5 Å². The van der Waals surface area contributed by atoms with Crippen molar-refractivity contribution in [2.24, 2.45) is 5.92 Å². The first kappa shape index (κ1) is 21.2. The van der Waals surface area contributed by atoms with E-state index in [1.165, 1.54) is 4.90 Å². The number of rotatable bonds is 7. The fourth-order valence-corrected chi connectivity index (χ4v) is 2.46. The number of para-hydroxylation sites is 1. The number of nitrogens with zero attached hydrogens (tertiary/aromatic N) is 2. The van der Waals surface area contributed by atoms with E-state index in [2.05, 4.69) is 16.7 Å². The third-order valence-electron chi connectivity index (χ3n) is 3.84. The number of nitrogens with one attached hydrogen (secondary N) is 2. The first-order valence-corrected chi connectivity index (χ1v) is 8.49. The number of carbonyl (C=O) groups is 2. The summed E-state index contributed by atoms with van der Waals surface area (Å²) in [6.45, 7) is 5.33. The molecule has 0 aliphatic carbocycles. The van der Waals surface area contributed by atoms with Crippen LogP contribution in [-0.4, -0.2) is 42.4 Å². The molecule has 25 heavy (non-hydrogen) atoms. The number of carbonyl (C=O) groups excluding carboxylic acids is 2. The number of halogens is 2. The van der Waals surface area contributed by atoms with Crippen molar-refractivity contribution >= 4 is 40.7 Å². The van der Waals surface area contributed by atoms with Crippen molar-refractivity contribution in [2.45, 2.75) is 26.3 Å². The van der Waals surface area contributed by atoms with Gasteiger partial charge in [0, 0.05) is 0 Å². The molecule has 0 fully saturated rings. The fraction of sp³-hybridized carbons (Fsp3) is 0.471. The highest BCUT2D eigenvalue weighted by Crippen LogP contribution is 2.29. The minimum absolute atomic E-state index is 0.0202. The lowest BCUT2D eigenvalue weighted by Gasteiger charge is -2.28. The Morgan fingerprint density at radius 3 is 2.24 bits per heavy atom. The van der Waals surface area contributed by atoms with Gasteiger partial charge in [-0.15, -0.1) is 0 Å². The number of hydrogen-bond donors (Lipinski definition) is 2. The second-order valence-corrected chi connectivity index (χ2v) is 7.15. The van der Waals surface area contributed by atoms with Gasteiger partial charge in [0.1, 0.15) is 5.54 Å². The van der Waals surface area contributed by atoms with Gasteiger partial charge < -0.3 is 10.6 Å². The molecule has 1 atom stereocenters. The molecule has 2 amide bonds. The van der Waals surface area contributed by atoms with Crippen LogP contribution in [0.4, 0.5) is 5.69 Å². The Morgan fingerprint density at radius 1 is 1.24 bits per heavy atom. The van der Waals surface area contributed by atoms with Crippen LogP contribution in [-0.2, 0) is 9.59 Å². The lowest BCUT2D eigenvalue weighted by Crippen LogP contribution is -2.51. The van der Waals surface area contributed by atoms with Crippen LogP contribution in [0.3, 0.4) is 0 Å². The van der Waals surface area contributed by atoms with Crippen LogP contribution in [0.5, 0.6) is 0 Å². The van der Waals surface area contributed by atoms with E-state index in [1.807, 2.05) is 13.8 Å². The van der Waals surface area contributed by atoms with Crippen molar-refractivity contribution < 1.29 is 9.59 Å². The van der Waals surface area contributed by atoms with E-state index in [4.69, 9.17) is 23.2 Å². The highest BCUT2D eigenvalue weighted by molar-refractivity contribution is 6.39. The summed E-state index contributed by atoms with van der Waals surface area (Å²) in [6, 6.07) is 7.03. The maximum atomic E-state index is 12.1. The topological polar surface area (TPSA) is 85.2 Å². The third-order valence-corrected chi connectivity index (χ3v) is 4.47. The number of anilines is 1. The SMILES string of the molecule is CC(C)[C@](C)(C#N)NC(=O)CN(C)CC(=O)Nc1c(Cl)cccc1Cl. The van der Waals surface area contributed by atoms with Crippen molar-refractivity contribution in [3.63, 3.8) is 0 Å². The summed E-state index contributed by atoms with van der Waals surface area (Å²) in [5, 5.41) is 15.2. The molecule has 0 aliphatic heterocycles. The maximum absolute atomic E-state index is 12.1. The lowest BCUT2D eigenvalue weighted by molar-refractivity contribution is -0.124. The number of amides is 2. The van der Waals surface area contributed by atoms with E-state index in [-0.39, 0.29) is 30.8 Å². The van der Waals surface area contributed by atoms with E-state index in [0.717, 1.165) is 0 Å². The van der Waals surface area contributed by atoms with E-state index in [9.17, 15) is 14.9 Å². The van der Waals surface area contributed by atoms with Crippen molar-refractivity contribution in [3.05, 3.63) is 28.2 Å². The van der Waals surface area contributed by atoms with Crippen molar-refractivity contribution in [2.75, 3.05) is 25.5 Å². The molecule has 0 spiro atoms. The molecule has 0 unspecified atom stereocenters. The zero-order chi connectivity index (χ0) is 19.2. The van der Waals surface area contributed by atoms with Crippen molar-refractivity contribution in [1.82, 2.24) is 10.2 Å². The Bertz CT molecular complexity index is 667. The monoisotopic (exact) mass is 384 g/mol. The fourth-order valence-electron chi connectivity index (χ4n) is 1.97. The summed E-state index contributed by atoms with van der Waals surface area (Å²) < 4.78 is 0. The summed E-state index contributed by atoms with van der Waals surface area (Å²) in [6.07, 6.45) is 0. The van der Waals surface area contributed by atoms with Gasteiger partial charge in [0.15, 0.2) is 0 Å². The molecular weight excluding hydrogens is 363 g/mol. The molecule has 0 saturated carbocycles. The number of hydrogen-bond acceptors (Lipinski definition) is 4. The average Bonchev–Trinajstić information content (AvgIpc) is 2.50. The largest absolute Gasteiger partial charge is 0.337 e. The summed E-state index contributed by atoms with van der Waals surface area (Å²) in [4.78, 5) is 25.7. The van der Waals surface area contributed by atoms with Gasteiger partial charge in [0.05, 0.1) is 34.9 Å². The van der Waals surface area contributed by atoms with Gasteiger partial charge in [-0.1, -0.05) is 43.1 Å². The average molecular weight is 385 g/mol. The zero-order valence-corrected chi connectivity index (χ0v) is 16.2. The Labute approximate surface area is 158 Å². The van der Waals surface area contributed by atoms with Gasteiger partial charge in [0.25, 0.3) is 0 Å². The number of nitriles is 1. The Balaban J connectivity index is 2.59. The maximum Gasteiger partial charge on any atom is 0.238 e. The predicted molar refractivity (Wildman–Crippen MR) is 99.6 cm³/mol. The van der Waals surface area contributed by atoms with E-state index in [1.54, 1.807) is 32.2 Å². The molecule has 0 aromatic heterocycles. The molecule has 0 bridgehead atoms. The minimum Gasteiger partial charge on any atom is -0.337 e. The van der Waals surface area contributed by atoms with Crippen LogP contribution < -0.4 is 10.6 Å². The molecule has 136 valence electrons. The molecule has 0 saturated heterocycles. The second-order valence-electron chi connectivity index (χ2n) is 6.33. The molecule has 1 rings (SSSR count). The Morgan fingerprint density at radius 2 is 1.76 bits per heavy atom. The molecule has 1 aromatic carbocycles. The smallest absolute Gasteiger partial charge is 0.238 e. The predicted octanol–water partition coefficient (Wildman–Crippen LogP) is 2.92. The van der Waals surface area contributed by atoms with Gasteiger partial charge in [-0.25, -0.2) is 0 Å². The highest BCUT2D eigenvalue weighted by Gasteiger charge is 2.30. The number of benzene rings is 1. The first-order chi connectivity index (χ1) is 11.6. The van der Waals surface area contributed by atoms with E-state index in [0.29, 0.717) is 15.7 Å². The van der Waals surface area contributed by atoms with Crippen LogP contribution in [0.1, 0.15) is 20.8 Å². The lowest BCUT2D eigenvalue weighted by atomic mass is 9.90. The number of likely N-dealkylation sites (N-methyl/N-ethyl adjacent to an activating group) is 1. The summed E-state index contributed by atoms with van der Waals surface area (Å²) in [5.74, 6) is -0.724. The summed E-state index contributed by atoms with van der Waals surface area (Å²) in [5.41, 5.74) is -0.615. The molecule has 0 heterocycles. The molecular formula is C17H22Cl2N4O2. The standard InChI is InChI=1S/C17H22Cl2N4O2/c1-11(2)17(3,10-20)22-15(25)9-23(4)8-14(24)21-16-12(18)6-5-7-13(16)19/h5-7,11H,8-9H2,1-4H3,(H,21,24)(H,22,25)/t17-/m0/s1. The Hall–Kier alpha value is -1.81. The second kappa shape index (κ2) is 9.04. The van der Waals surface area contributed by atoms with Crippen LogP contribution in [0, 0.1) is 17.2 Å². The van der Waals surface area contributed by atoms with Crippen LogP contribution >= 0.6 is 23.2 Å². The quantitative estimate of drug-likeness (QED) is 0.756. The molecule has 0 aliphatic rings. The molecule has 6 nitrogen and oxygen atoms in total. The van der Waals surface area contributed by atoms with E-state index < -0.39 is 5.54 Å². The van der Waals surface area contributed by atoms with Gasteiger partial charge in [-0.2, -0.15) is 5.26 Å². The molecule has 0 radical (unpaired) electrons. The summed E-state index contributed by atoms with van der Waals surface area (Å²) >= 11 is 12.0. The zero-order valence-electron chi connectivity index (χ0n) is 14.7. The van der Waals surface area contributed by atoms with E-state index >= 15 is 0 Å². The van der Waals surface area contributed by atoms with Crippen LogP contribution in [0.15, 0.2) is 18.2 Å². The summed E-state index contributed by atoms with van der Waals surface area (Å²) in [7, 11) is 1.63. The third kappa shape index (κ3) is 6.20. The Kier molecular flexibility index (Phi) is 7.68. The van der Waals surface area contributed by atoms with Gasteiger partial charge in [0.2, 0.25) is 11.8 Å². The highest BCUT2D eigenvalue weighted by atomic mass is 35.5. The minimum atomic E-state index is -0.953. The van der Waals surface area contributed by atoms with Crippen molar-refractivity contribution in [3.8, 4) is 6.07 Å².